The summed E-state index contributed by atoms with van der Waals surface area (Å²) in [6, 6.07) is 3.45. The van der Waals surface area contributed by atoms with Crippen molar-refractivity contribution in [1.29, 1.82) is 0 Å². The van der Waals surface area contributed by atoms with Crippen LogP contribution in [0.1, 0.15) is 43.0 Å². The average molecular weight is 254 g/mol. The zero-order chi connectivity index (χ0) is 13.3. The molecule has 1 aliphatic carbocycles. The fraction of sp³-hybridized carbons (Fsp3) is 0.500. The van der Waals surface area contributed by atoms with Crippen LogP contribution in [-0.4, -0.2) is 16.5 Å². The minimum Gasteiger partial charge on any atom is -0.382 e. The molecule has 98 valence electrons. The van der Waals surface area contributed by atoms with Crippen LogP contribution in [0.25, 0.3) is 0 Å². The second-order valence-electron chi connectivity index (χ2n) is 5.14. The van der Waals surface area contributed by atoms with Crippen LogP contribution in [0.3, 0.4) is 0 Å². The number of Topliss-reactive ketones (excluding diaryl/α,β-unsaturated/α-hetero) is 1. The number of rotatable bonds is 2. The van der Waals surface area contributed by atoms with Crippen LogP contribution in [0.4, 0.5) is 8.78 Å². The van der Waals surface area contributed by atoms with Crippen molar-refractivity contribution in [2.45, 2.75) is 38.2 Å². The predicted octanol–water partition coefficient (Wildman–Crippen LogP) is 3.09. The molecule has 2 nitrogen and oxygen atoms in total. The summed E-state index contributed by atoms with van der Waals surface area (Å²) in [6.07, 6.45) is 2.06. The van der Waals surface area contributed by atoms with Gasteiger partial charge in [-0.25, -0.2) is 8.78 Å². The number of benzene rings is 1. The van der Waals surface area contributed by atoms with Gasteiger partial charge in [0, 0.05) is 0 Å². The molecule has 0 heterocycles. The van der Waals surface area contributed by atoms with Gasteiger partial charge in [0.05, 0.1) is 5.56 Å². The molecule has 0 aromatic heterocycles. The molecule has 1 aromatic carbocycles. The summed E-state index contributed by atoms with van der Waals surface area (Å²) in [5.41, 5.74) is -1.90. The van der Waals surface area contributed by atoms with Gasteiger partial charge in [0.2, 0.25) is 0 Å². The first-order valence-electron chi connectivity index (χ1n) is 6.15. The van der Waals surface area contributed by atoms with Gasteiger partial charge in [-0.2, -0.15) is 0 Å². The summed E-state index contributed by atoms with van der Waals surface area (Å²) in [4.78, 5) is 12.1. The van der Waals surface area contributed by atoms with E-state index in [1.165, 1.54) is 12.1 Å². The van der Waals surface area contributed by atoms with E-state index in [1.54, 1.807) is 0 Å². The fourth-order valence-electron chi connectivity index (χ4n) is 2.40. The van der Waals surface area contributed by atoms with Crippen LogP contribution in [0.2, 0.25) is 0 Å². The van der Waals surface area contributed by atoms with Crippen molar-refractivity contribution in [1.82, 2.24) is 0 Å². The van der Waals surface area contributed by atoms with Crippen molar-refractivity contribution < 1.29 is 18.7 Å². The molecule has 0 atom stereocenters. The number of hydrogen-bond acceptors (Lipinski definition) is 2. The highest BCUT2D eigenvalue weighted by Crippen LogP contribution is 2.34. The van der Waals surface area contributed by atoms with Gasteiger partial charge in [0.15, 0.2) is 17.4 Å². The van der Waals surface area contributed by atoms with Crippen molar-refractivity contribution >= 4 is 5.78 Å². The lowest BCUT2D eigenvalue weighted by atomic mass is 9.76. The second-order valence-corrected chi connectivity index (χ2v) is 5.14. The summed E-state index contributed by atoms with van der Waals surface area (Å²) < 4.78 is 26.6. The molecule has 1 saturated carbocycles. The lowest BCUT2D eigenvalue weighted by Crippen LogP contribution is -2.42. The summed E-state index contributed by atoms with van der Waals surface area (Å²) in [5.74, 6) is -2.48. The smallest absolute Gasteiger partial charge is 0.197 e. The van der Waals surface area contributed by atoms with Crippen LogP contribution in [0.15, 0.2) is 18.2 Å². The van der Waals surface area contributed by atoms with E-state index in [9.17, 15) is 18.7 Å². The first-order valence-corrected chi connectivity index (χ1v) is 6.15. The molecule has 0 radical (unpaired) electrons. The van der Waals surface area contributed by atoms with E-state index in [0.717, 1.165) is 18.9 Å². The molecule has 4 heteroatoms. The van der Waals surface area contributed by atoms with Gasteiger partial charge >= 0.3 is 0 Å². The van der Waals surface area contributed by atoms with Crippen LogP contribution in [-0.2, 0) is 0 Å². The number of aliphatic hydroxyl groups is 1. The van der Waals surface area contributed by atoms with Crippen molar-refractivity contribution in [3.8, 4) is 0 Å². The molecule has 0 saturated heterocycles. The Morgan fingerprint density at radius 3 is 2.56 bits per heavy atom. The fourth-order valence-corrected chi connectivity index (χ4v) is 2.40. The van der Waals surface area contributed by atoms with Crippen molar-refractivity contribution in [2.75, 3.05) is 0 Å². The molecule has 1 fully saturated rings. The maximum Gasteiger partial charge on any atom is 0.197 e. The SMILES string of the molecule is CC1CCC(O)(C(=O)c2cccc(F)c2F)CC1. The molecular formula is C14H16F2O2. The Morgan fingerprint density at radius 2 is 1.94 bits per heavy atom. The third-order valence-corrected chi connectivity index (χ3v) is 3.72. The van der Waals surface area contributed by atoms with E-state index in [-0.39, 0.29) is 5.56 Å². The molecule has 0 spiro atoms. The van der Waals surface area contributed by atoms with Gasteiger partial charge in [0.1, 0.15) is 5.60 Å². The molecule has 0 amide bonds. The summed E-state index contributed by atoms with van der Waals surface area (Å²) in [5, 5.41) is 10.3. The molecule has 18 heavy (non-hydrogen) atoms. The van der Waals surface area contributed by atoms with Gasteiger partial charge in [-0.05, 0) is 43.7 Å². The summed E-state index contributed by atoms with van der Waals surface area (Å²) in [6.45, 7) is 2.05. The van der Waals surface area contributed by atoms with Gasteiger partial charge in [-0.15, -0.1) is 0 Å². The Morgan fingerprint density at radius 1 is 1.33 bits per heavy atom. The third kappa shape index (κ3) is 2.29. The number of carbonyl (C=O) groups is 1. The Hall–Kier alpha value is -1.29. The quantitative estimate of drug-likeness (QED) is 0.823. The third-order valence-electron chi connectivity index (χ3n) is 3.72. The zero-order valence-electron chi connectivity index (χ0n) is 10.2. The van der Waals surface area contributed by atoms with Gasteiger partial charge in [-0.1, -0.05) is 13.0 Å². The monoisotopic (exact) mass is 254 g/mol. The molecule has 1 aliphatic rings. The molecule has 0 unspecified atom stereocenters. The lowest BCUT2D eigenvalue weighted by Gasteiger charge is -2.33. The molecule has 0 bridgehead atoms. The zero-order valence-corrected chi connectivity index (χ0v) is 10.2. The molecular weight excluding hydrogens is 238 g/mol. The van der Waals surface area contributed by atoms with Gasteiger partial charge < -0.3 is 5.11 Å². The van der Waals surface area contributed by atoms with E-state index >= 15 is 0 Å². The highest BCUT2D eigenvalue weighted by Gasteiger charge is 2.40. The minimum atomic E-state index is -1.54. The highest BCUT2D eigenvalue weighted by molar-refractivity contribution is 6.02. The lowest BCUT2D eigenvalue weighted by molar-refractivity contribution is 0.00386. The molecule has 0 aliphatic heterocycles. The first-order chi connectivity index (χ1) is 8.44. The second kappa shape index (κ2) is 4.76. The number of halogens is 2. The summed E-state index contributed by atoms with van der Waals surface area (Å²) in [7, 11) is 0. The Bertz CT molecular complexity index is 463. The van der Waals surface area contributed by atoms with Crippen LogP contribution >= 0.6 is 0 Å². The summed E-state index contributed by atoms with van der Waals surface area (Å²) >= 11 is 0. The Kier molecular flexibility index (Phi) is 3.48. The highest BCUT2D eigenvalue weighted by atomic mass is 19.2. The van der Waals surface area contributed by atoms with E-state index < -0.39 is 23.0 Å². The van der Waals surface area contributed by atoms with Gasteiger partial charge in [0.25, 0.3) is 0 Å². The van der Waals surface area contributed by atoms with E-state index in [4.69, 9.17) is 0 Å². The van der Waals surface area contributed by atoms with Crippen molar-refractivity contribution in [3.63, 3.8) is 0 Å². The Labute approximate surface area is 105 Å². The standard InChI is InChI=1S/C14H16F2O2/c1-9-5-7-14(18,8-6-9)13(17)10-3-2-4-11(15)12(10)16/h2-4,9,18H,5-8H2,1H3. The average Bonchev–Trinajstić information content (AvgIpc) is 2.36. The van der Waals surface area contributed by atoms with Crippen molar-refractivity contribution in [2.24, 2.45) is 5.92 Å². The molecule has 1 aromatic rings. The van der Waals surface area contributed by atoms with Crippen molar-refractivity contribution in [3.05, 3.63) is 35.4 Å². The molecule has 2 rings (SSSR count). The maximum atomic E-state index is 13.5. The Balaban J connectivity index is 2.28. The van der Waals surface area contributed by atoms with Crippen LogP contribution in [0, 0.1) is 17.6 Å². The maximum absolute atomic E-state index is 13.5. The van der Waals surface area contributed by atoms with Gasteiger partial charge in [-0.3, -0.25) is 4.79 Å². The topological polar surface area (TPSA) is 37.3 Å². The number of ketones is 1. The predicted molar refractivity (Wildman–Crippen MR) is 63.3 cm³/mol. The number of hydrogen-bond donors (Lipinski definition) is 1. The largest absolute Gasteiger partial charge is 0.382 e. The van der Waals surface area contributed by atoms with Crippen LogP contribution < -0.4 is 0 Å². The molecule has 1 N–H and O–H groups in total. The van der Waals surface area contributed by atoms with E-state index in [0.29, 0.717) is 18.8 Å². The number of carbonyl (C=O) groups excluding carboxylic acids is 1. The van der Waals surface area contributed by atoms with Crippen LogP contribution in [0.5, 0.6) is 0 Å². The van der Waals surface area contributed by atoms with E-state index in [2.05, 4.69) is 0 Å². The van der Waals surface area contributed by atoms with E-state index in [1.807, 2.05) is 6.92 Å². The first kappa shape index (κ1) is 13.1. The normalized spacial score (nSPS) is 28.1. The minimum absolute atomic E-state index is 0.308.